The third-order valence-corrected chi connectivity index (χ3v) is 4.72. The van der Waals surface area contributed by atoms with Crippen LogP contribution in [0, 0.1) is 6.92 Å². The molecular weight excluding hydrogens is 356 g/mol. The largest absolute Gasteiger partial charge is 0.758 e. The number of ketones is 1. The Hall–Kier alpha value is -2.79. The van der Waals surface area contributed by atoms with Crippen molar-refractivity contribution in [2.75, 3.05) is 0 Å². The number of rotatable bonds is 7. The molecule has 0 fully saturated rings. The van der Waals surface area contributed by atoms with Crippen LogP contribution >= 0.6 is 0 Å². The van der Waals surface area contributed by atoms with Crippen LogP contribution in [0.15, 0.2) is 76.6 Å². The maximum Gasteiger partial charge on any atom is 0.237 e. The molecule has 2 heterocycles. The van der Waals surface area contributed by atoms with Gasteiger partial charge >= 0.3 is 0 Å². The number of aryl methyl sites for hydroxylation is 2. The molecule has 4 nitrogen and oxygen atoms in total. The predicted octanol–water partition coefficient (Wildman–Crippen LogP) is 4.01. The van der Waals surface area contributed by atoms with Crippen molar-refractivity contribution in [1.29, 1.82) is 0 Å². The van der Waals surface area contributed by atoms with Gasteiger partial charge in [0.25, 0.3) is 0 Å². The number of Topliss-reactive ketones (excluding diaryl/α,β-unsaturated/α-hetero) is 1. The Kier molecular flexibility index (Phi) is 6.14. The second kappa shape index (κ2) is 8.73. The Morgan fingerprint density at radius 2 is 1.96 bits per heavy atom. The highest BCUT2D eigenvalue weighted by molar-refractivity contribution is 7.77. The van der Waals surface area contributed by atoms with Crippen LogP contribution < -0.4 is 4.57 Å². The Bertz CT molecular complexity index is 931. The minimum absolute atomic E-state index is 0.0681. The molecule has 0 unspecified atom stereocenters. The number of aliphatic imine (C=N–C) groups is 1. The Labute approximate surface area is 165 Å². The molecular formula is C22H22N2O2S. The number of nitrogens with zero attached hydrogens (tertiary/aromatic N) is 2. The van der Waals surface area contributed by atoms with Crippen LogP contribution in [-0.4, -0.2) is 10.8 Å². The smallest absolute Gasteiger partial charge is 0.237 e. The molecule has 0 radical (unpaired) electrons. The zero-order chi connectivity index (χ0) is 19.2. The zero-order valence-corrected chi connectivity index (χ0v) is 16.3. The quantitative estimate of drug-likeness (QED) is 0.205. The van der Waals surface area contributed by atoms with Gasteiger partial charge in [0.2, 0.25) is 11.8 Å². The Morgan fingerprint density at radius 1 is 1.19 bits per heavy atom. The Balaban J connectivity index is 1.95. The normalized spacial score (nSPS) is 12.7. The van der Waals surface area contributed by atoms with E-state index in [4.69, 9.17) is 17.0 Å². The number of hydrogen-bond acceptors (Lipinski definition) is 4. The summed E-state index contributed by atoms with van der Waals surface area (Å²) in [4.78, 5) is 17.7. The lowest BCUT2D eigenvalue weighted by atomic mass is 10.0. The van der Waals surface area contributed by atoms with Crippen molar-refractivity contribution in [2.45, 2.75) is 32.9 Å². The molecule has 1 atom stereocenters. The van der Waals surface area contributed by atoms with Crippen LogP contribution in [0.1, 0.15) is 40.2 Å². The molecule has 2 aromatic heterocycles. The van der Waals surface area contributed by atoms with Gasteiger partial charge in [0.05, 0.1) is 12.8 Å². The first-order chi connectivity index (χ1) is 13.1. The molecule has 0 bridgehead atoms. The first kappa shape index (κ1) is 19.0. The molecule has 27 heavy (non-hydrogen) atoms. The number of benzene rings is 1. The number of carbonyl (C=O) groups is 1. The van der Waals surface area contributed by atoms with E-state index < -0.39 is 6.04 Å². The van der Waals surface area contributed by atoms with Crippen molar-refractivity contribution in [3.05, 3.63) is 89.6 Å². The molecule has 0 aliphatic heterocycles. The van der Waals surface area contributed by atoms with E-state index in [9.17, 15) is 4.79 Å². The van der Waals surface area contributed by atoms with Crippen molar-refractivity contribution >= 4 is 23.5 Å². The van der Waals surface area contributed by atoms with Crippen molar-refractivity contribution in [2.24, 2.45) is 4.99 Å². The van der Waals surface area contributed by atoms with Crippen LogP contribution in [-0.2, 0) is 25.6 Å². The highest BCUT2D eigenvalue weighted by Gasteiger charge is 2.28. The second-order valence-electron chi connectivity index (χ2n) is 6.38. The Morgan fingerprint density at radius 3 is 2.59 bits per heavy atom. The van der Waals surface area contributed by atoms with Gasteiger partial charge in [0.15, 0.2) is 12.4 Å². The number of pyridine rings is 1. The van der Waals surface area contributed by atoms with Gasteiger partial charge in [-0.25, -0.2) is 0 Å². The summed E-state index contributed by atoms with van der Waals surface area (Å²) in [6, 6.07) is 14.6. The molecule has 0 aliphatic rings. The van der Waals surface area contributed by atoms with Gasteiger partial charge in [0, 0.05) is 17.2 Å². The summed E-state index contributed by atoms with van der Waals surface area (Å²) in [5.74, 6) is 0.645. The zero-order valence-electron chi connectivity index (χ0n) is 15.5. The fourth-order valence-corrected chi connectivity index (χ4v) is 3.15. The molecule has 1 aromatic carbocycles. The van der Waals surface area contributed by atoms with Crippen molar-refractivity contribution < 1.29 is 13.8 Å². The summed E-state index contributed by atoms with van der Waals surface area (Å²) < 4.78 is 7.15. The maximum atomic E-state index is 13.3. The lowest BCUT2D eigenvalue weighted by Gasteiger charge is -2.19. The summed E-state index contributed by atoms with van der Waals surface area (Å²) in [5, 5.41) is 0.339. The van der Waals surface area contributed by atoms with Crippen LogP contribution in [0.5, 0.6) is 0 Å². The fourth-order valence-electron chi connectivity index (χ4n) is 2.86. The van der Waals surface area contributed by atoms with Gasteiger partial charge in [-0.3, -0.25) is 4.79 Å². The number of carbonyl (C=O) groups excluding carboxylic acids is 1. The van der Waals surface area contributed by atoms with E-state index in [0.717, 1.165) is 12.0 Å². The third kappa shape index (κ3) is 4.68. The van der Waals surface area contributed by atoms with E-state index in [1.165, 1.54) is 5.56 Å². The summed E-state index contributed by atoms with van der Waals surface area (Å²) >= 11 is 5.55. The first-order valence-electron chi connectivity index (χ1n) is 8.92. The summed E-state index contributed by atoms with van der Waals surface area (Å²) in [6.45, 7) is 4.39. The van der Waals surface area contributed by atoms with E-state index in [1.54, 1.807) is 12.3 Å². The molecule has 5 heteroatoms. The van der Waals surface area contributed by atoms with E-state index >= 15 is 0 Å². The van der Waals surface area contributed by atoms with E-state index in [2.05, 4.69) is 11.9 Å². The second-order valence-corrected chi connectivity index (χ2v) is 6.80. The topological polar surface area (TPSA) is 46.5 Å². The highest BCUT2D eigenvalue weighted by Crippen LogP contribution is 2.14. The summed E-state index contributed by atoms with van der Waals surface area (Å²) in [7, 11) is 0. The van der Waals surface area contributed by atoms with Crippen LogP contribution in [0.3, 0.4) is 0 Å². The molecule has 138 valence electrons. The summed E-state index contributed by atoms with van der Waals surface area (Å²) in [5.41, 5.74) is 2.86. The van der Waals surface area contributed by atoms with Gasteiger partial charge < -0.3 is 22.0 Å². The molecule has 0 saturated carbocycles. The number of aromatic nitrogens is 1. The molecule has 0 N–H and O–H groups in total. The van der Waals surface area contributed by atoms with Gasteiger partial charge in [-0.05, 0) is 42.2 Å². The van der Waals surface area contributed by atoms with Gasteiger partial charge in [0.1, 0.15) is 5.76 Å². The van der Waals surface area contributed by atoms with Crippen molar-refractivity contribution in [3.8, 4) is 0 Å². The molecule has 3 rings (SSSR count). The molecule has 0 aliphatic carbocycles. The molecule has 3 aromatic rings. The maximum absolute atomic E-state index is 13.3. The average Bonchev–Trinajstić information content (AvgIpc) is 3.20. The predicted molar refractivity (Wildman–Crippen MR) is 108 cm³/mol. The SMILES string of the molecule is CCc1ccc(C(=O)[C@@H](C([S-])=NCc2ccco2)[n+]2cccc(C)c2)cc1. The average molecular weight is 378 g/mol. The number of furan rings is 1. The monoisotopic (exact) mass is 378 g/mol. The van der Waals surface area contributed by atoms with E-state index in [0.29, 0.717) is 22.9 Å². The molecule has 0 amide bonds. The van der Waals surface area contributed by atoms with Crippen molar-refractivity contribution in [1.82, 2.24) is 0 Å². The standard InChI is InChI=1S/C22H22N2O2S/c1-3-17-8-10-18(11-9-17)21(25)20(24-12-4-6-16(2)15-24)22(27)23-14-19-7-5-13-26-19/h4-13,15,20H,3,14H2,1-2H3/t20-/m0/s1. The van der Waals surface area contributed by atoms with Gasteiger partial charge in [-0.15, -0.1) is 0 Å². The van der Waals surface area contributed by atoms with Gasteiger partial charge in [-0.2, -0.15) is 4.57 Å². The first-order valence-corrected chi connectivity index (χ1v) is 9.33. The van der Waals surface area contributed by atoms with Crippen LogP contribution in [0.25, 0.3) is 0 Å². The summed E-state index contributed by atoms with van der Waals surface area (Å²) in [6.07, 6.45) is 6.30. The minimum atomic E-state index is -0.665. The molecule has 0 saturated heterocycles. The van der Waals surface area contributed by atoms with Gasteiger partial charge in [-0.1, -0.05) is 31.2 Å². The molecule has 0 spiro atoms. The lowest BCUT2D eigenvalue weighted by molar-refractivity contribution is -0.692. The highest BCUT2D eigenvalue weighted by atomic mass is 32.1. The lowest BCUT2D eigenvalue weighted by Crippen LogP contribution is -2.47. The fraction of sp³-hybridized carbons (Fsp3) is 0.227. The number of hydrogen-bond donors (Lipinski definition) is 0. The van der Waals surface area contributed by atoms with E-state index in [1.807, 2.05) is 66.3 Å². The van der Waals surface area contributed by atoms with Crippen LogP contribution in [0.2, 0.25) is 0 Å². The third-order valence-electron chi connectivity index (χ3n) is 4.37. The minimum Gasteiger partial charge on any atom is -0.758 e. The van der Waals surface area contributed by atoms with E-state index in [-0.39, 0.29) is 5.78 Å². The van der Waals surface area contributed by atoms with Crippen molar-refractivity contribution in [3.63, 3.8) is 0 Å². The van der Waals surface area contributed by atoms with Crippen LogP contribution in [0.4, 0.5) is 0 Å².